The van der Waals surface area contributed by atoms with Crippen LogP contribution in [0.4, 0.5) is 0 Å². The minimum atomic E-state index is -0.643. The van der Waals surface area contributed by atoms with Crippen molar-refractivity contribution in [1.82, 2.24) is 0 Å². The Bertz CT molecular complexity index is 790. The molecule has 2 nitrogen and oxygen atoms in total. The van der Waals surface area contributed by atoms with Gasteiger partial charge >= 0.3 is 0 Å². The molecule has 0 aliphatic carbocycles. The number of allylic oxidation sites excluding steroid dienone is 1. The summed E-state index contributed by atoms with van der Waals surface area (Å²) < 4.78 is 12.1. The van der Waals surface area contributed by atoms with Gasteiger partial charge in [-0.05, 0) is 40.3 Å². The first-order valence-electron chi connectivity index (χ1n) is 7.99. The molecule has 0 saturated carbocycles. The van der Waals surface area contributed by atoms with Gasteiger partial charge in [-0.2, -0.15) is 0 Å². The molecule has 0 aromatic heterocycles. The zero-order chi connectivity index (χ0) is 15.9. The molecule has 2 atom stereocenters. The van der Waals surface area contributed by atoms with Gasteiger partial charge in [0.25, 0.3) is 0 Å². The van der Waals surface area contributed by atoms with E-state index in [-0.39, 0.29) is 6.10 Å². The predicted octanol–water partition coefficient (Wildman–Crippen LogP) is 4.47. The summed E-state index contributed by atoms with van der Waals surface area (Å²) in [5, 5.41) is 0. The predicted molar refractivity (Wildman–Crippen MR) is 92.0 cm³/mol. The van der Waals surface area contributed by atoms with Gasteiger partial charge in [-0.3, -0.25) is 0 Å². The molecule has 2 heteroatoms. The van der Waals surface area contributed by atoms with Crippen molar-refractivity contribution in [2.45, 2.75) is 24.7 Å². The highest BCUT2D eigenvalue weighted by molar-refractivity contribution is 5.77. The lowest BCUT2D eigenvalue weighted by atomic mass is 9.90. The summed E-state index contributed by atoms with van der Waals surface area (Å²) in [5.74, 6) is -0.643. The summed E-state index contributed by atoms with van der Waals surface area (Å²) >= 11 is 0. The van der Waals surface area contributed by atoms with Gasteiger partial charge in [0.15, 0.2) is 5.79 Å². The number of ether oxygens (including phenoxy) is 2. The van der Waals surface area contributed by atoms with E-state index in [0.29, 0.717) is 0 Å². The molecule has 23 heavy (non-hydrogen) atoms. The fourth-order valence-corrected chi connectivity index (χ4v) is 3.68. The molecule has 2 aliphatic rings. The molecule has 2 bridgehead atoms. The second kappa shape index (κ2) is 5.48. The quantitative estimate of drug-likeness (QED) is 0.776. The summed E-state index contributed by atoms with van der Waals surface area (Å²) in [7, 11) is 1.72. The molecule has 2 aliphatic heterocycles. The Morgan fingerprint density at radius 3 is 2.83 bits per heavy atom. The number of benzene rings is 2. The maximum Gasteiger partial charge on any atom is 0.193 e. The Morgan fingerprint density at radius 2 is 2.00 bits per heavy atom. The van der Waals surface area contributed by atoms with Gasteiger partial charge in [0.05, 0.1) is 0 Å². The first-order chi connectivity index (χ1) is 11.3. The number of hydrogen-bond donors (Lipinski definition) is 0. The molecule has 0 radical (unpaired) electrons. The Kier molecular flexibility index (Phi) is 3.44. The van der Waals surface area contributed by atoms with Crippen molar-refractivity contribution in [2.24, 2.45) is 0 Å². The van der Waals surface area contributed by atoms with E-state index in [1.165, 1.54) is 27.8 Å². The Balaban J connectivity index is 1.87. The van der Waals surface area contributed by atoms with Crippen LogP contribution in [0.5, 0.6) is 0 Å². The third kappa shape index (κ3) is 2.26. The van der Waals surface area contributed by atoms with Crippen LogP contribution >= 0.6 is 0 Å². The van der Waals surface area contributed by atoms with E-state index >= 15 is 0 Å². The number of methoxy groups -OCH3 is 1. The zero-order valence-electron chi connectivity index (χ0n) is 13.3. The first kappa shape index (κ1) is 14.4. The van der Waals surface area contributed by atoms with Crippen LogP contribution in [0.15, 0.2) is 67.3 Å². The zero-order valence-corrected chi connectivity index (χ0v) is 13.3. The largest absolute Gasteiger partial charge is 0.349 e. The molecule has 2 heterocycles. The van der Waals surface area contributed by atoms with Crippen LogP contribution in [0.1, 0.15) is 28.4 Å². The van der Waals surface area contributed by atoms with Crippen LogP contribution in [-0.4, -0.2) is 12.9 Å². The van der Waals surface area contributed by atoms with E-state index in [1.54, 1.807) is 7.11 Å². The summed E-state index contributed by atoms with van der Waals surface area (Å²) in [4.78, 5) is 0. The van der Waals surface area contributed by atoms with Crippen molar-refractivity contribution in [2.75, 3.05) is 7.11 Å². The van der Waals surface area contributed by atoms with Gasteiger partial charge in [-0.1, -0.05) is 54.6 Å². The molecule has 116 valence electrons. The van der Waals surface area contributed by atoms with Crippen molar-refractivity contribution < 1.29 is 9.47 Å². The topological polar surface area (TPSA) is 18.5 Å². The molecular formula is C21H20O2. The normalized spacial score (nSPS) is 24.9. The van der Waals surface area contributed by atoms with Gasteiger partial charge in [0.2, 0.25) is 0 Å². The SMILES string of the molecule is C=CCc1ccccc1C1=CC2(OC)Cc3ccccc3C1O2. The maximum absolute atomic E-state index is 6.32. The van der Waals surface area contributed by atoms with E-state index in [1.807, 2.05) is 6.08 Å². The average molecular weight is 304 g/mol. The Labute approximate surface area is 137 Å². The van der Waals surface area contributed by atoms with Crippen LogP contribution in [0.25, 0.3) is 5.57 Å². The number of rotatable bonds is 4. The molecule has 4 rings (SSSR count). The Morgan fingerprint density at radius 1 is 1.22 bits per heavy atom. The monoisotopic (exact) mass is 304 g/mol. The molecule has 0 N–H and O–H groups in total. The standard InChI is InChI=1S/C21H20O2/c1-3-8-15-9-4-6-11-17(15)19-14-21(22-2)13-16-10-5-7-12-18(16)20(19)23-21/h3-7,9-12,14,20H,1,8,13H2,2H3. The van der Waals surface area contributed by atoms with Gasteiger partial charge < -0.3 is 9.47 Å². The van der Waals surface area contributed by atoms with Crippen molar-refractivity contribution in [3.8, 4) is 0 Å². The van der Waals surface area contributed by atoms with Gasteiger partial charge in [-0.25, -0.2) is 0 Å². The molecule has 0 fully saturated rings. The smallest absolute Gasteiger partial charge is 0.193 e. The molecule has 2 unspecified atom stereocenters. The number of hydrogen-bond acceptors (Lipinski definition) is 2. The molecular weight excluding hydrogens is 284 g/mol. The lowest BCUT2D eigenvalue weighted by molar-refractivity contribution is -0.199. The van der Waals surface area contributed by atoms with E-state index in [2.05, 4.69) is 61.2 Å². The van der Waals surface area contributed by atoms with E-state index < -0.39 is 5.79 Å². The summed E-state index contributed by atoms with van der Waals surface area (Å²) in [6.07, 6.45) is 5.65. The molecule has 2 aromatic rings. The van der Waals surface area contributed by atoms with Crippen molar-refractivity contribution >= 4 is 5.57 Å². The molecule has 0 amide bonds. The van der Waals surface area contributed by atoms with Crippen molar-refractivity contribution in [1.29, 1.82) is 0 Å². The van der Waals surface area contributed by atoms with Gasteiger partial charge in [-0.15, -0.1) is 6.58 Å². The average Bonchev–Trinajstić information content (AvgIpc) is 2.90. The molecule has 2 aromatic carbocycles. The van der Waals surface area contributed by atoms with Crippen LogP contribution in [0, 0.1) is 0 Å². The molecule has 0 saturated heterocycles. The highest BCUT2D eigenvalue weighted by Crippen LogP contribution is 2.51. The second-order valence-corrected chi connectivity index (χ2v) is 6.14. The van der Waals surface area contributed by atoms with E-state index in [9.17, 15) is 0 Å². The highest BCUT2D eigenvalue weighted by Gasteiger charge is 2.46. The van der Waals surface area contributed by atoms with Crippen LogP contribution < -0.4 is 0 Å². The Hall–Kier alpha value is -2.16. The van der Waals surface area contributed by atoms with Crippen LogP contribution in [0.2, 0.25) is 0 Å². The second-order valence-electron chi connectivity index (χ2n) is 6.14. The molecule has 0 spiro atoms. The van der Waals surface area contributed by atoms with Crippen molar-refractivity contribution in [3.05, 3.63) is 89.5 Å². The lowest BCUT2D eigenvalue weighted by Crippen LogP contribution is -2.36. The highest BCUT2D eigenvalue weighted by atomic mass is 16.7. The summed E-state index contributed by atoms with van der Waals surface area (Å²) in [5.41, 5.74) is 6.26. The maximum atomic E-state index is 6.32. The summed E-state index contributed by atoms with van der Waals surface area (Å²) in [6, 6.07) is 17.0. The van der Waals surface area contributed by atoms with Crippen molar-refractivity contribution in [3.63, 3.8) is 0 Å². The summed E-state index contributed by atoms with van der Waals surface area (Å²) in [6.45, 7) is 3.88. The third-order valence-electron chi connectivity index (χ3n) is 4.79. The van der Waals surface area contributed by atoms with E-state index in [0.717, 1.165) is 12.8 Å². The fraction of sp³-hybridized carbons (Fsp3) is 0.238. The third-order valence-corrected chi connectivity index (χ3v) is 4.79. The minimum absolute atomic E-state index is 0.0640. The van der Waals surface area contributed by atoms with Crippen LogP contribution in [0.3, 0.4) is 0 Å². The first-order valence-corrected chi connectivity index (χ1v) is 7.99. The van der Waals surface area contributed by atoms with Gasteiger partial charge in [0, 0.05) is 13.5 Å². The van der Waals surface area contributed by atoms with Crippen LogP contribution in [-0.2, 0) is 22.3 Å². The van der Waals surface area contributed by atoms with Gasteiger partial charge in [0.1, 0.15) is 6.10 Å². The number of fused-ring (bicyclic) bond motifs is 4. The van der Waals surface area contributed by atoms with E-state index in [4.69, 9.17) is 9.47 Å². The minimum Gasteiger partial charge on any atom is -0.349 e. The fourth-order valence-electron chi connectivity index (χ4n) is 3.68. The lowest BCUT2D eigenvalue weighted by Gasteiger charge is -2.34.